The van der Waals surface area contributed by atoms with Crippen molar-refractivity contribution in [2.45, 2.75) is 12.1 Å². The Hall–Kier alpha value is -1.37. The lowest BCUT2D eigenvalue weighted by molar-refractivity contribution is -0.141. The number of aliphatic hydroxyl groups excluding tert-OH is 1. The van der Waals surface area contributed by atoms with Crippen molar-refractivity contribution in [2.75, 3.05) is 7.11 Å². The summed E-state index contributed by atoms with van der Waals surface area (Å²) in [4.78, 5) is 14.4. The second kappa shape index (κ2) is 5.11. The third kappa shape index (κ3) is 2.60. The summed E-state index contributed by atoms with van der Waals surface area (Å²) in [7, 11) is 1.33. The van der Waals surface area contributed by atoms with Crippen LogP contribution in [0.25, 0.3) is 0 Å². The maximum Gasteiger partial charge on any atom is 0.323 e. The fraction of sp³-hybridized carbons (Fsp3) is 0.333. The highest BCUT2D eigenvalue weighted by atomic mass is 35.5. The summed E-state index contributed by atoms with van der Waals surface area (Å²) in [6.45, 7) is 0. The number of pyridine rings is 1. The highest BCUT2D eigenvalue weighted by molar-refractivity contribution is 6.29. The van der Waals surface area contributed by atoms with Gasteiger partial charge in [0.2, 0.25) is 5.88 Å². The first kappa shape index (κ1) is 12.7. The number of carboxylic acid groups (broad SMARTS) is 1. The Bertz CT molecular complexity index is 399. The number of aliphatic hydroxyl groups is 1. The van der Waals surface area contributed by atoms with Gasteiger partial charge < -0.3 is 20.7 Å². The summed E-state index contributed by atoms with van der Waals surface area (Å²) in [6, 6.07) is 1.38. The number of aliphatic carboxylic acids is 1. The maximum atomic E-state index is 10.6. The summed E-state index contributed by atoms with van der Waals surface area (Å²) in [5.41, 5.74) is 5.47. The van der Waals surface area contributed by atoms with Crippen LogP contribution < -0.4 is 10.5 Å². The van der Waals surface area contributed by atoms with Gasteiger partial charge in [-0.3, -0.25) is 4.79 Å². The number of carboxylic acids is 1. The molecule has 0 spiro atoms. The number of methoxy groups -OCH3 is 1. The minimum absolute atomic E-state index is 0.0525. The lowest BCUT2D eigenvalue weighted by Crippen LogP contribution is -2.36. The van der Waals surface area contributed by atoms with Gasteiger partial charge in [-0.25, -0.2) is 4.98 Å². The molecular weight excluding hydrogens is 236 g/mol. The Balaban J connectivity index is 3.07. The summed E-state index contributed by atoms with van der Waals surface area (Å²) < 4.78 is 4.87. The smallest absolute Gasteiger partial charge is 0.323 e. The summed E-state index contributed by atoms with van der Waals surface area (Å²) in [5.74, 6) is -1.26. The highest BCUT2D eigenvalue weighted by Gasteiger charge is 2.26. The van der Waals surface area contributed by atoms with Crippen molar-refractivity contribution in [3.63, 3.8) is 0 Å². The van der Waals surface area contributed by atoms with Crippen molar-refractivity contribution in [2.24, 2.45) is 5.73 Å². The number of nitrogens with zero attached hydrogens (tertiary/aromatic N) is 1. The van der Waals surface area contributed by atoms with E-state index in [4.69, 9.17) is 27.2 Å². The predicted octanol–water partition coefficient (Wildman–Crippen LogP) is 0.189. The number of nitrogens with two attached hydrogens (primary N) is 1. The van der Waals surface area contributed by atoms with Crippen LogP contribution in [0.1, 0.15) is 11.7 Å². The van der Waals surface area contributed by atoms with E-state index in [9.17, 15) is 9.90 Å². The van der Waals surface area contributed by atoms with E-state index in [2.05, 4.69) is 4.98 Å². The Labute approximate surface area is 96.6 Å². The van der Waals surface area contributed by atoms with E-state index in [1.54, 1.807) is 0 Å². The van der Waals surface area contributed by atoms with Crippen molar-refractivity contribution < 1.29 is 19.7 Å². The SMILES string of the molecule is COc1nc(Cl)ccc1C(O)C(N)C(=O)O. The molecule has 0 saturated carbocycles. The summed E-state index contributed by atoms with van der Waals surface area (Å²) in [6.07, 6.45) is -1.41. The summed E-state index contributed by atoms with van der Waals surface area (Å²) in [5, 5.41) is 18.5. The number of aromatic nitrogens is 1. The van der Waals surface area contributed by atoms with E-state index in [1.807, 2.05) is 0 Å². The molecule has 0 aliphatic rings. The van der Waals surface area contributed by atoms with Gasteiger partial charge in [0, 0.05) is 5.56 Å². The average Bonchev–Trinajstić information content (AvgIpc) is 2.26. The molecule has 16 heavy (non-hydrogen) atoms. The zero-order chi connectivity index (χ0) is 12.3. The van der Waals surface area contributed by atoms with Gasteiger partial charge in [0.15, 0.2) is 0 Å². The van der Waals surface area contributed by atoms with E-state index in [-0.39, 0.29) is 16.6 Å². The van der Waals surface area contributed by atoms with Crippen LogP contribution in [-0.4, -0.2) is 34.3 Å². The van der Waals surface area contributed by atoms with E-state index in [0.717, 1.165) is 0 Å². The van der Waals surface area contributed by atoms with Crippen molar-refractivity contribution >= 4 is 17.6 Å². The van der Waals surface area contributed by atoms with Crippen molar-refractivity contribution in [3.05, 3.63) is 22.8 Å². The van der Waals surface area contributed by atoms with Crippen molar-refractivity contribution in [3.8, 4) is 5.88 Å². The lowest BCUT2D eigenvalue weighted by Gasteiger charge is -2.17. The van der Waals surface area contributed by atoms with Gasteiger partial charge in [0.05, 0.1) is 7.11 Å². The Morgan fingerprint density at radius 1 is 1.62 bits per heavy atom. The van der Waals surface area contributed by atoms with Crippen LogP contribution in [0.4, 0.5) is 0 Å². The number of ether oxygens (including phenoxy) is 1. The van der Waals surface area contributed by atoms with Gasteiger partial charge in [0.1, 0.15) is 17.3 Å². The van der Waals surface area contributed by atoms with Crippen molar-refractivity contribution in [1.82, 2.24) is 4.98 Å². The second-order valence-electron chi connectivity index (χ2n) is 3.04. The molecule has 1 aromatic rings. The quantitative estimate of drug-likeness (QED) is 0.655. The monoisotopic (exact) mass is 246 g/mol. The normalized spacial score (nSPS) is 14.2. The summed E-state index contributed by atoms with van der Waals surface area (Å²) >= 11 is 5.62. The topological polar surface area (TPSA) is 106 Å². The van der Waals surface area contributed by atoms with Crippen LogP contribution in [0.2, 0.25) is 5.15 Å². The van der Waals surface area contributed by atoms with Gasteiger partial charge in [-0.1, -0.05) is 11.6 Å². The second-order valence-corrected chi connectivity index (χ2v) is 3.43. The number of carbonyl (C=O) groups is 1. The van der Waals surface area contributed by atoms with E-state index < -0.39 is 18.1 Å². The molecule has 88 valence electrons. The average molecular weight is 247 g/mol. The van der Waals surface area contributed by atoms with Crippen LogP contribution in [-0.2, 0) is 4.79 Å². The fourth-order valence-electron chi connectivity index (χ4n) is 1.15. The molecule has 0 bridgehead atoms. The van der Waals surface area contributed by atoms with Gasteiger partial charge in [0.25, 0.3) is 0 Å². The van der Waals surface area contributed by atoms with Gasteiger partial charge >= 0.3 is 5.97 Å². The van der Waals surface area contributed by atoms with Crippen LogP contribution in [0.15, 0.2) is 12.1 Å². The first-order chi connectivity index (χ1) is 7.47. The first-order valence-electron chi connectivity index (χ1n) is 4.34. The lowest BCUT2D eigenvalue weighted by atomic mass is 10.0. The number of hydrogen-bond acceptors (Lipinski definition) is 5. The van der Waals surface area contributed by atoms with E-state index in [0.29, 0.717) is 0 Å². The van der Waals surface area contributed by atoms with Crippen LogP contribution in [0.5, 0.6) is 5.88 Å². The molecule has 2 atom stereocenters. The molecule has 0 radical (unpaired) electrons. The molecule has 0 fully saturated rings. The molecule has 1 rings (SSSR count). The highest BCUT2D eigenvalue weighted by Crippen LogP contribution is 2.26. The van der Waals surface area contributed by atoms with Crippen molar-refractivity contribution in [1.29, 1.82) is 0 Å². The van der Waals surface area contributed by atoms with E-state index in [1.165, 1.54) is 19.2 Å². The van der Waals surface area contributed by atoms with E-state index >= 15 is 0 Å². The number of hydrogen-bond donors (Lipinski definition) is 3. The molecule has 0 saturated heterocycles. The third-order valence-corrected chi connectivity index (χ3v) is 2.20. The Morgan fingerprint density at radius 3 is 2.75 bits per heavy atom. The molecule has 1 aromatic heterocycles. The van der Waals surface area contributed by atoms with Gasteiger partial charge in [-0.15, -0.1) is 0 Å². The van der Waals surface area contributed by atoms with Gasteiger partial charge in [-0.05, 0) is 12.1 Å². The third-order valence-electron chi connectivity index (χ3n) is 1.99. The minimum Gasteiger partial charge on any atom is -0.481 e. The molecule has 0 aromatic carbocycles. The van der Waals surface area contributed by atoms with Crippen LogP contribution in [0, 0.1) is 0 Å². The minimum atomic E-state index is -1.45. The Morgan fingerprint density at radius 2 is 2.25 bits per heavy atom. The predicted molar refractivity (Wildman–Crippen MR) is 56.4 cm³/mol. The molecule has 6 nitrogen and oxygen atoms in total. The zero-order valence-electron chi connectivity index (χ0n) is 8.42. The van der Waals surface area contributed by atoms with Crippen LogP contribution >= 0.6 is 11.6 Å². The zero-order valence-corrected chi connectivity index (χ0v) is 9.18. The number of rotatable bonds is 4. The fourth-order valence-corrected chi connectivity index (χ4v) is 1.29. The largest absolute Gasteiger partial charge is 0.481 e. The molecular formula is C9H11ClN2O4. The molecule has 7 heteroatoms. The Kier molecular flexibility index (Phi) is 4.05. The number of halogens is 1. The molecule has 0 amide bonds. The standard InChI is InChI=1S/C9H11ClN2O4/c1-16-8-4(2-3-5(10)12-8)7(13)6(11)9(14)15/h2-3,6-7,13H,11H2,1H3,(H,14,15). The molecule has 1 heterocycles. The molecule has 4 N–H and O–H groups in total. The molecule has 0 aliphatic carbocycles. The molecule has 0 aliphatic heterocycles. The van der Waals surface area contributed by atoms with Gasteiger partial charge in [-0.2, -0.15) is 0 Å². The first-order valence-corrected chi connectivity index (χ1v) is 4.72. The van der Waals surface area contributed by atoms with Crippen LogP contribution in [0.3, 0.4) is 0 Å². The molecule has 2 unspecified atom stereocenters. The maximum absolute atomic E-state index is 10.6.